The number of aliphatic hydroxyl groups is 2. The first-order valence-electron chi connectivity index (χ1n) is 21.0. The summed E-state index contributed by atoms with van der Waals surface area (Å²) < 4.78 is 25.0. The van der Waals surface area contributed by atoms with Crippen molar-refractivity contribution in [3.63, 3.8) is 0 Å². The summed E-state index contributed by atoms with van der Waals surface area (Å²) in [5.74, 6) is -0.113. The van der Waals surface area contributed by atoms with Gasteiger partial charge in [-0.1, -0.05) is 38.1 Å². The molecular weight excluding hydrogens is 741 g/mol. The molecule has 2 saturated carbocycles. The highest BCUT2D eigenvalue weighted by atomic mass is 16.6. The number of hydrogen-bond donors (Lipinski definition) is 2. The van der Waals surface area contributed by atoms with Gasteiger partial charge in [0.05, 0.1) is 34.9 Å². The molecule has 4 fully saturated rings. The van der Waals surface area contributed by atoms with Crippen molar-refractivity contribution in [1.29, 1.82) is 0 Å². The zero-order chi connectivity index (χ0) is 40.6. The standard InChI is InChI=1S/C46H52N2O10/c1-5-18-47-20-16-43-36-26-8-10-30(38(36)57-40(43)28(49)12-14-45(43,53)32(47)22-26)55-34(51)24-42(4,7-3)25-35(52)56-31-11-9-27-23-33-46(54)15-13-29(50)41-44(46,37(27)39(31)58-41)17-21-48(33)19-6-2/h5-6,8-11,32-33,40-41,53-54H,1-2,7,12-25H2,3-4H3/t32-,33-,40+,41+,43+,44+,45-,46-/m1/s1. The number of piperidine rings is 2. The van der Waals surface area contributed by atoms with Gasteiger partial charge in [-0.3, -0.25) is 29.0 Å². The van der Waals surface area contributed by atoms with E-state index < -0.39 is 51.6 Å². The SMILES string of the molecule is C=CCN1CC[C@]23c4c5ccc(OC(=O)CC(C)(CC)CC(=O)Oc6ccc7c8c6O[C@H]6C(=O)CC[C@@]9(O)[C@@H](C7)N(CC=C)CC[C@]869)c4O[C@H]2C(=O)CC[C@@]3(O)[C@H]1C5. The van der Waals surface area contributed by atoms with Gasteiger partial charge < -0.3 is 29.2 Å². The molecule has 2 N–H and O–H groups in total. The molecule has 8 aliphatic rings. The smallest absolute Gasteiger partial charge is 0.311 e. The van der Waals surface area contributed by atoms with E-state index in [1.807, 2.05) is 38.1 Å². The van der Waals surface area contributed by atoms with Crippen molar-refractivity contribution >= 4 is 23.5 Å². The molecule has 306 valence electrons. The highest BCUT2D eigenvalue weighted by molar-refractivity contribution is 5.91. The molecule has 12 nitrogen and oxygen atoms in total. The molecule has 2 aromatic rings. The van der Waals surface area contributed by atoms with Gasteiger partial charge in [0.25, 0.3) is 0 Å². The van der Waals surface area contributed by atoms with E-state index in [0.717, 1.165) is 22.3 Å². The van der Waals surface area contributed by atoms with Crippen molar-refractivity contribution in [2.75, 3.05) is 26.2 Å². The summed E-state index contributed by atoms with van der Waals surface area (Å²) in [4.78, 5) is 59.1. The van der Waals surface area contributed by atoms with Gasteiger partial charge in [0.2, 0.25) is 0 Å². The first-order valence-corrected chi connectivity index (χ1v) is 21.0. The largest absolute Gasteiger partial charge is 0.477 e. The highest BCUT2D eigenvalue weighted by Gasteiger charge is 2.74. The minimum absolute atomic E-state index is 0.0550. The number of carbonyl (C=O) groups is 4. The molecule has 58 heavy (non-hydrogen) atoms. The number of benzene rings is 2. The number of hydrogen-bond acceptors (Lipinski definition) is 12. The maximum atomic E-state index is 13.8. The van der Waals surface area contributed by atoms with Crippen LogP contribution >= 0.6 is 0 Å². The predicted octanol–water partition coefficient (Wildman–Crippen LogP) is 4.21. The van der Waals surface area contributed by atoms with Crippen LogP contribution < -0.4 is 18.9 Å². The van der Waals surface area contributed by atoms with Gasteiger partial charge in [0.15, 0.2) is 46.8 Å². The Morgan fingerprint density at radius 2 is 1.21 bits per heavy atom. The summed E-state index contributed by atoms with van der Waals surface area (Å²) in [6, 6.07) is 6.89. The first kappa shape index (κ1) is 37.9. The summed E-state index contributed by atoms with van der Waals surface area (Å²) in [6.45, 7) is 14.2. The van der Waals surface area contributed by atoms with Crippen LogP contribution in [0.15, 0.2) is 49.6 Å². The molecule has 4 heterocycles. The number of esters is 2. The van der Waals surface area contributed by atoms with Gasteiger partial charge in [-0.25, -0.2) is 0 Å². The lowest BCUT2D eigenvalue weighted by molar-refractivity contribution is -0.187. The van der Waals surface area contributed by atoms with Crippen LogP contribution in [0.25, 0.3) is 0 Å². The summed E-state index contributed by atoms with van der Waals surface area (Å²) >= 11 is 0. The lowest BCUT2D eigenvalue weighted by Gasteiger charge is -2.62. The molecule has 2 spiro atoms. The third-order valence-electron chi connectivity index (χ3n) is 15.9. The Morgan fingerprint density at radius 1 is 0.776 bits per heavy atom. The van der Waals surface area contributed by atoms with Crippen LogP contribution in [0.5, 0.6) is 23.0 Å². The molecule has 0 radical (unpaired) electrons. The Labute approximate surface area is 338 Å². The van der Waals surface area contributed by atoms with Crippen molar-refractivity contribution in [1.82, 2.24) is 9.80 Å². The maximum Gasteiger partial charge on any atom is 0.311 e. The van der Waals surface area contributed by atoms with Crippen molar-refractivity contribution in [2.45, 2.75) is 131 Å². The quantitative estimate of drug-likeness (QED) is 0.191. The Kier molecular flexibility index (Phi) is 8.37. The van der Waals surface area contributed by atoms with Gasteiger partial charge in [-0.15, -0.1) is 13.2 Å². The van der Waals surface area contributed by atoms with E-state index >= 15 is 0 Å². The molecule has 4 aliphatic carbocycles. The zero-order valence-corrected chi connectivity index (χ0v) is 33.3. The summed E-state index contributed by atoms with van der Waals surface area (Å²) in [7, 11) is 0. The minimum atomic E-state index is -1.18. The number of ketones is 2. The normalized spacial score (nSPS) is 35.0. The average molecular weight is 793 g/mol. The highest BCUT2D eigenvalue weighted by Crippen LogP contribution is 2.66. The summed E-state index contributed by atoms with van der Waals surface area (Å²) in [6.07, 6.45) is 5.54. The minimum Gasteiger partial charge on any atom is -0.477 e. The number of likely N-dealkylation sites (tertiary alicyclic amines) is 2. The van der Waals surface area contributed by atoms with Crippen molar-refractivity contribution < 1.29 is 48.3 Å². The van der Waals surface area contributed by atoms with Crippen molar-refractivity contribution in [3.05, 3.63) is 71.8 Å². The molecule has 2 saturated heterocycles. The number of ether oxygens (including phenoxy) is 4. The van der Waals surface area contributed by atoms with Gasteiger partial charge in [0.1, 0.15) is 0 Å². The van der Waals surface area contributed by atoms with Gasteiger partial charge in [-0.2, -0.15) is 0 Å². The van der Waals surface area contributed by atoms with Crippen molar-refractivity contribution in [3.8, 4) is 23.0 Å². The Morgan fingerprint density at radius 3 is 1.60 bits per heavy atom. The van der Waals surface area contributed by atoms with Crippen LogP contribution in [0, 0.1) is 5.41 Å². The van der Waals surface area contributed by atoms with E-state index in [4.69, 9.17) is 18.9 Å². The van der Waals surface area contributed by atoms with E-state index in [1.54, 1.807) is 12.1 Å². The molecule has 8 atom stereocenters. The van der Waals surface area contributed by atoms with E-state index in [9.17, 15) is 29.4 Å². The molecular formula is C46H52N2O10. The van der Waals surface area contributed by atoms with Gasteiger partial charge >= 0.3 is 11.9 Å². The molecule has 0 aromatic heterocycles. The monoisotopic (exact) mass is 792 g/mol. The molecule has 4 aliphatic heterocycles. The lowest BCUT2D eigenvalue weighted by Crippen LogP contribution is -2.76. The van der Waals surface area contributed by atoms with Crippen LogP contribution in [0.1, 0.15) is 93.9 Å². The van der Waals surface area contributed by atoms with Gasteiger partial charge in [0, 0.05) is 62.2 Å². The van der Waals surface area contributed by atoms with Crippen LogP contribution in [-0.4, -0.2) is 105 Å². The van der Waals surface area contributed by atoms with Crippen LogP contribution in [-0.2, 0) is 42.8 Å². The number of Topliss-reactive ketones (excluding diaryl/α,β-unsaturated/α-hetero) is 2. The summed E-state index contributed by atoms with van der Waals surface area (Å²) in [5, 5.41) is 25.0. The lowest BCUT2D eigenvalue weighted by atomic mass is 9.49. The fourth-order valence-electron chi connectivity index (χ4n) is 13.1. The van der Waals surface area contributed by atoms with Crippen LogP contribution in [0.4, 0.5) is 0 Å². The third-order valence-corrected chi connectivity index (χ3v) is 15.9. The number of rotatable bonds is 11. The average Bonchev–Trinajstić information content (AvgIpc) is 3.73. The van der Waals surface area contributed by atoms with Crippen LogP contribution in [0.3, 0.4) is 0 Å². The number of nitrogens with zero attached hydrogens (tertiary/aromatic N) is 2. The second-order valence-electron chi connectivity index (χ2n) is 18.5. The van der Waals surface area contributed by atoms with Crippen molar-refractivity contribution in [2.24, 2.45) is 5.41 Å². The molecule has 0 unspecified atom stereocenters. The molecule has 0 amide bonds. The second-order valence-corrected chi connectivity index (χ2v) is 18.5. The van der Waals surface area contributed by atoms with Gasteiger partial charge in [-0.05, 0) is 73.6 Å². The molecule has 4 bridgehead atoms. The Hall–Kier alpha value is -4.36. The van der Waals surface area contributed by atoms with E-state index in [-0.39, 0.29) is 60.8 Å². The Balaban J connectivity index is 0.886. The van der Waals surface area contributed by atoms with Crippen LogP contribution in [0.2, 0.25) is 0 Å². The zero-order valence-electron chi connectivity index (χ0n) is 33.3. The van der Waals surface area contributed by atoms with E-state index in [0.29, 0.717) is 82.6 Å². The first-order chi connectivity index (χ1) is 27.8. The maximum absolute atomic E-state index is 13.8. The number of carbonyl (C=O) groups excluding carboxylic acids is 4. The van der Waals surface area contributed by atoms with E-state index in [2.05, 4.69) is 23.0 Å². The third kappa shape index (κ3) is 4.77. The summed E-state index contributed by atoms with van der Waals surface area (Å²) in [5.41, 5.74) is -1.53. The molecule has 2 aromatic carbocycles. The molecule has 12 heteroatoms. The molecule has 10 rings (SSSR count). The fourth-order valence-corrected chi connectivity index (χ4v) is 13.1. The second kappa shape index (κ2) is 12.8. The predicted molar refractivity (Wildman–Crippen MR) is 210 cm³/mol. The topological polar surface area (TPSA) is 152 Å². The van der Waals surface area contributed by atoms with E-state index in [1.165, 1.54) is 0 Å². The fraction of sp³-hybridized carbons (Fsp3) is 0.565. The Bertz CT molecular complexity index is 2050.